The van der Waals surface area contributed by atoms with Crippen LogP contribution in [0.3, 0.4) is 0 Å². The lowest BCUT2D eigenvalue weighted by Crippen LogP contribution is -2.37. The molecule has 0 saturated heterocycles. The van der Waals surface area contributed by atoms with E-state index in [9.17, 15) is 9.59 Å². The van der Waals surface area contributed by atoms with Crippen molar-refractivity contribution in [1.29, 1.82) is 0 Å². The molecule has 0 spiro atoms. The van der Waals surface area contributed by atoms with Crippen molar-refractivity contribution >= 4 is 41.6 Å². The molecule has 3 rings (SSSR count). The maximum atomic E-state index is 13.0. The molecule has 0 bridgehead atoms. The van der Waals surface area contributed by atoms with E-state index in [4.69, 9.17) is 16.3 Å². The van der Waals surface area contributed by atoms with Crippen molar-refractivity contribution in [2.75, 3.05) is 18.6 Å². The van der Waals surface area contributed by atoms with E-state index in [0.29, 0.717) is 34.3 Å². The van der Waals surface area contributed by atoms with Gasteiger partial charge in [0.2, 0.25) is 5.91 Å². The van der Waals surface area contributed by atoms with Crippen LogP contribution in [0.2, 0.25) is 5.02 Å². The SMILES string of the molecule is C=[N+]=C(c1ccccc1)c1cc(Cl)ccc1N(CC(=O)OC)C(=O)CC1CC1. The quantitative estimate of drug-likeness (QED) is 0.409. The van der Waals surface area contributed by atoms with E-state index in [-0.39, 0.29) is 12.5 Å². The maximum absolute atomic E-state index is 13.0. The average molecular weight is 398 g/mol. The number of carbonyl (C=O) groups excluding carboxylic acids is 2. The molecule has 1 aliphatic carbocycles. The number of methoxy groups -OCH3 is 1. The normalized spacial score (nSPS) is 12.8. The van der Waals surface area contributed by atoms with Crippen LogP contribution in [0.15, 0.2) is 48.5 Å². The minimum absolute atomic E-state index is 0.118. The summed E-state index contributed by atoms with van der Waals surface area (Å²) in [5, 5.41) is 0.503. The number of carbonyl (C=O) groups is 2. The van der Waals surface area contributed by atoms with E-state index in [2.05, 4.69) is 11.4 Å². The fraction of sp³-hybridized carbons (Fsp3) is 0.273. The fourth-order valence-corrected chi connectivity index (χ4v) is 3.21. The summed E-state index contributed by atoms with van der Waals surface area (Å²) in [6.45, 7) is 3.53. The van der Waals surface area contributed by atoms with Crippen LogP contribution in [-0.2, 0) is 14.3 Å². The predicted molar refractivity (Wildman–Crippen MR) is 112 cm³/mol. The highest BCUT2D eigenvalue weighted by atomic mass is 35.5. The zero-order valence-electron chi connectivity index (χ0n) is 15.7. The minimum Gasteiger partial charge on any atom is -0.468 e. The molecule has 0 atom stereocenters. The van der Waals surface area contributed by atoms with Crippen molar-refractivity contribution in [1.82, 2.24) is 4.67 Å². The van der Waals surface area contributed by atoms with Gasteiger partial charge in [0.25, 0.3) is 6.72 Å². The van der Waals surface area contributed by atoms with E-state index < -0.39 is 5.97 Å². The van der Waals surface area contributed by atoms with Gasteiger partial charge in [-0.1, -0.05) is 34.5 Å². The molecule has 0 aliphatic heterocycles. The van der Waals surface area contributed by atoms with E-state index >= 15 is 0 Å². The maximum Gasteiger partial charge on any atom is 0.342 e. The van der Waals surface area contributed by atoms with E-state index in [1.807, 2.05) is 30.3 Å². The lowest BCUT2D eigenvalue weighted by atomic mass is 9.99. The van der Waals surface area contributed by atoms with Gasteiger partial charge in [0.05, 0.1) is 23.9 Å². The van der Waals surface area contributed by atoms with Crippen LogP contribution < -0.4 is 9.57 Å². The lowest BCUT2D eigenvalue weighted by molar-refractivity contribution is -0.140. The Morgan fingerprint density at radius 3 is 2.54 bits per heavy atom. The summed E-state index contributed by atoms with van der Waals surface area (Å²) in [6, 6.07) is 14.7. The van der Waals surface area contributed by atoms with E-state index in [0.717, 1.165) is 18.4 Å². The molecule has 1 saturated carbocycles. The molecule has 0 N–H and O–H groups in total. The molecule has 1 amide bonds. The number of hydrogen-bond donors (Lipinski definition) is 0. The highest BCUT2D eigenvalue weighted by Gasteiger charge is 2.32. The highest BCUT2D eigenvalue weighted by molar-refractivity contribution is 6.31. The first-order chi connectivity index (χ1) is 13.5. The summed E-state index contributed by atoms with van der Waals surface area (Å²) in [6.07, 6.45) is 2.49. The number of nitrogens with zero attached hydrogens (tertiary/aromatic N) is 2. The standard InChI is InChI=1S/C22H22ClN2O3/c1-24-22(16-6-4-3-5-7-16)18-13-17(23)10-11-19(18)25(14-21(27)28-2)20(26)12-15-8-9-15/h3-7,10-11,13,15H,1,8-9,12,14H2,2H3/q+1. The van der Waals surface area contributed by atoms with Crippen LogP contribution in [0.25, 0.3) is 0 Å². The largest absolute Gasteiger partial charge is 0.468 e. The zero-order chi connectivity index (χ0) is 20.1. The molecule has 6 heteroatoms. The third-order valence-electron chi connectivity index (χ3n) is 4.69. The molecule has 0 radical (unpaired) electrons. The van der Waals surface area contributed by atoms with Crippen LogP contribution in [0.4, 0.5) is 5.69 Å². The van der Waals surface area contributed by atoms with Crippen molar-refractivity contribution in [3.63, 3.8) is 0 Å². The molecule has 2 aromatic rings. The van der Waals surface area contributed by atoms with Crippen LogP contribution in [0, 0.1) is 5.92 Å². The summed E-state index contributed by atoms with van der Waals surface area (Å²) in [4.78, 5) is 26.4. The van der Waals surface area contributed by atoms with Crippen molar-refractivity contribution in [3.05, 3.63) is 64.7 Å². The van der Waals surface area contributed by atoms with Crippen LogP contribution >= 0.6 is 11.6 Å². The Hall–Kier alpha value is -2.88. The first-order valence-electron chi connectivity index (χ1n) is 9.09. The molecular formula is C22H22ClN2O3+. The first-order valence-corrected chi connectivity index (χ1v) is 9.47. The second-order valence-corrected chi connectivity index (χ2v) is 7.17. The Balaban J connectivity index is 2.08. The Labute approximate surface area is 169 Å². The summed E-state index contributed by atoms with van der Waals surface area (Å²) in [7, 11) is 1.31. The summed E-state index contributed by atoms with van der Waals surface area (Å²) in [5.74, 6) is -0.218. The fourth-order valence-electron chi connectivity index (χ4n) is 3.04. The van der Waals surface area contributed by atoms with Gasteiger partial charge in [-0.15, -0.1) is 0 Å². The van der Waals surface area contributed by atoms with Gasteiger partial charge in [-0.2, -0.15) is 0 Å². The number of esters is 1. The van der Waals surface area contributed by atoms with E-state index in [1.54, 1.807) is 18.2 Å². The second kappa shape index (κ2) is 8.87. The molecule has 2 aromatic carbocycles. The Bertz CT molecular complexity index is 932. The van der Waals surface area contributed by atoms with Crippen molar-refractivity contribution in [3.8, 4) is 0 Å². The van der Waals surface area contributed by atoms with Gasteiger partial charge < -0.3 is 9.64 Å². The van der Waals surface area contributed by atoms with Crippen molar-refractivity contribution in [2.45, 2.75) is 19.3 Å². The number of benzene rings is 2. The second-order valence-electron chi connectivity index (χ2n) is 6.74. The Morgan fingerprint density at radius 1 is 1.21 bits per heavy atom. The third-order valence-corrected chi connectivity index (χ3v) is 4.92. The van der Waals surface area contributed by atoms with Gasteiger partial charge in [-0.3, -0.25) is 9.59 Å². The minimum atomic E-state index is -0.488. The monoisotopic (exact) mass is 397 g/mol. The summed E-state index contributed by atoms with van der Waals surface area (Å²) < 4.78 is 9.01. The predicted octanol–water partition coefficient (Wildman–Crippen LogP) is 3.25. The molecule has 1 fully saturated rings. The van der Waals surface area contributed by atoms with Gasteiger partial charge in [0.1, 0.15) is 6.54 Å². The lowest BCUT2D eigenvalue weighted by Gasteiger charge is -2.23. The van der Waals surface area contributed by atoms with Crippen LogP contribution in [-0.4, -0.2) is 38.0 Å². The van der Waals surface area contributed by atoms with Gasteiger partial charge in [-0.25, -0.2) is 0 Å². The molecular weight excluding hydrogens is 376 g/mol. The number of halogens is 1. The van der Waals surface area contributed by atoms with Crippen molar-refractivity contribution in [2.24, 2.45) is 5.92 Å². The number of rotatable bonds is 7. The Kier molecular flexibility index (Phi) is 6.30. The smallest absolute Gasteiger partial charge is 0.342 e. The molecule has 0 unspecified atom stereocenters. The average Bonchev–Trinajstić information content (AvgIpc) is 3.52. The van der Waals surface area contributed by atoms with Gasteiger partial charge >= 0.3 is 11.7 Å². The molecule has 1 aliphatic rings. The molecule has 28 heavy (non-hydrogen) atoms. The molecule has 5 nitrogen and oxygen atoms in total. The Morgan fingerprint density at radius 2 is 1.93 bits per heavy atom. The van der Waals surface area contributed by atoms with Gasteiger partial charge in [-0.05, 0) is 49.1 Å². The third kappa shape index (κ3) is 4.69. The molecule has 0 heterocycles. The summed E-state index contributed by atoms with van der Waals surface area (Å²) >= 11 is 6.25. The number of amides is 1. The van der Waals surface area contributed by atoms with Crippen molar-refractivity contribution < 1.29 is 14.3 Å². The highest BCUT2D eigenvalue weighted by Crippen LogP contribution is 2.34. The molecule has 144 valence electrons. The van der Waals surface area contributed by atoms with Gasteiger partial charge in [0, 0.05) is 11.4 Å². The number of anilines is 1. The van der Waals surface area contributed by atoms with Crippen LogP contribution in [0.1, 0.15) is 30.4 Å². The van der Waals surface area contributed by atoms with E-state index in [1.165, 1.54) is 12.0 Å². The zero-order valence-corrected chi connectivity index (χ0v) is 16.5. The molecule has 0 aromatic heterocycles. The van der Waals surface area contributed by atoms with Gasteiger partial charge in [0.15, 0.2) is 0 Å². The summed E-state index contributed by atoms with van der Waals surface area (Å²) in [5.41, 5.74) is 2.63. The van der Waals surface area contributed by atoms with Crippen LogP contribution in [0.5, 0.6) is 0 Å². The topological polar surface area (TPSA) is 60.7 Å². The number of hydrogen-bond acceptors (Lipinski definition) is 3. The first kappa shape index (κ1) is 19.9. The number of ether oxygens (including phenoxy) is 1.